The average molecular weight is 409 g/mol. The molecule has 0 bridgehead atoms. The Morgan fingerprint density at radius 2 is 1.48 bits per heavy atom. The summed E-state index contributed by atoms with van der Waals surface area (Å²) in [4.78, 5) is 22.8. The average Bonchev–Trinajstić information content (AvgIpc) is 2.78. The Kier molecular flexibility index (Phi) is 4.71. The quantitative estimate of drug-likeness (QED) is 0.107. The number of hydrogen-bond acceptors (Lipinski definition) is 4. The number of hydrogen-bond donors (Lipinski definition) is 0. The van der Waals surface area contributed by atoms with Gasteiger partial charge in [-0.05, 0) is 56.8 Å². The fourth-order valence-electron chi connectivity index (χ4n) is 4.30. The molecule has 5 aromatic rings. The molecule has 0 N–H and O–H groups in total. The second kappa shape index (κ2) is 7.69. The molecule has 5 aromatic carbocycles. The molecule has 0 aliphatic heterocycles. The summed E-state index contributed by atoms with van der Waals surface area (Å²) in [6.07, 6.45) is 1.51. The monoisotopic (exact) mass is 409 g/mol. The largest absolute Gasteiger partial charge is 0.419 e. The first kappa shape index (κ1) is 19.0. The van der Waals surface area contributed by atoms with Gasteiger partial charge in [0.2, 0.25) is 5.75 Å². The van der Waals surface area contributed by atoms with Crippen molar-refractivity contribution in [1.29, 1.82) is 0 Å². The van der Waals surface area contributed by atoms with Gasteiger partial charge in [-0.2, -0.15) is 0 Å². The van der Waals surface area contributed by atoms with E-state index >= 15 is 0 Å². The molecule has 0 fully saturated rings. The first-order valence-corrected chi connectivity index (χ1v) is 10.2. The molecule has 0 atom stereocenters. The van der Waals surface area contributed by atoms with Crippen molar-refractivity contribution in [3.63, 3.8) is 0 Å². The third-order valence-electron chi connectivity index (χ3n) is 5.73. The van der Waals surface area contributed by atoms with Crippen molar-refractivity contribution >= 4 is 44.0 Å². The predicted octanol–water partition coefficient (Wildman–Crippen LogP) is 6.42. The van der Waals surface area contributed by atoms with E-state index in [0.717, 1.165) is 6.42 Å². The van der Waals surface area contributed by atoms with E-state index in [0.29, 0.717) is 6.42 Å². The SMILES string of the molecule is O=C(CCCc1ccc2ccc3cccc4ccc1c2c34)Oc1ccccc1[N+](=O)[O-]. The molecule has 0 saturated carbocycles. The van der Waals surface area contributed by atoms with Crippen LogP contribution in [0.25, 0.3) is 32.3 Å². The van der Waals surface area contributed by atoms with E-state index in [1.165, 1.54) is 50.0 Å². The molecule has 0 radical (unpaired) electrons. The number of para-hydroxylation sites is 2. The highest BCUT2D eigenvalue weighted by Gasteiger charge is 2.17. The van der Waals surface area contributed by atoms with Crippen molar-refractivity contribution < 1.29 is 14.5 Å². The summed E-state index contributed by atoms with van der Waals surface area (Å²) in [6.45, 7) is 0. The van der Waals surface area contributed by atoms with E-state index in [2.05, 4.69) is 54.6 Å². The number of aryl methyl sites for hydroxylation is 1. The number of ether oxygens (including phenoxy) is 1. The second-order valence-corrected chi connectivity index (χ2v) is 7.63. The summed E-state index contributed by atoms with van der Waals surface area (Å²) >= 11 is 0. The summed E-state index contributed by atoms with van der Waals surface area (Å²) in [5.74, 6) is -0.479. The van der Waals surface area contributed by atoms with Crippen LogP contribution in [0, 0.1) is 10.1 Å². The number of rotatable bonds is 6. The van der Waals surface area contributed by atoms with Crippen LogP contribution in [-0.2, 0) is 11.2 Å². The summed E-state index contributed by atoms with van der Waals surface area (Å²) < 4.78 is 5.24. The van der Waals surface area contributed by atoms with Crippen LogP contribution in [-0.4, -0.2) is 10.9 Å². The van der Waals surface area contributed by atoms with Crippen molar-refractivity contribution in [2.75, 3.05) is 0 Å². The third kappa shape index (κ3) is 3.44. The van der Waals surface area contributed by atoms with Crippen LogP contribution in [0.3, 0.4) is 0 Å². The van der Waals surface area contributed by atoms with Crippen molar-refractivity contribution in [3.8, 4) is 5.75 Å². The molecule has 31 heavy (non-hydrogen) atoms. The molecule has 0 unspecified atom stereocenters. The van der Waals surface area contributed by atoms with Gasteiger partial charge in [-0.3, -0.25) is 14.9 Å². The predicted molar refractivity (Wildman–Crippen MR) is 122 cm³/mol. The normalized spacial score (nSPS) is 11.4. The molecule has 0 heterocycles. The minimum absolute atomic E-state index is 0.0137. The summed E-state index contributed by atoms with van der Waals surface area (Å²) in [6, 6.07) is 25.1. The van der Waals surface area contributed by atoms with Crippen molar-refractivity contribution in [2.45, 2.75) is 19.3 Å². The Morgan fingerprint density at radius 3 is 2.26 bits per heavy atom. The minimum atomic E-state index is -0.548. The zero-order valence-corrected chi connectivity index (χ0v) is 16.7. The van der Waals surface area contributed by atoms with E-state index in [1.807, 2.05) is 0 Å². The minimum Gasteiger partial charge on any atom is -0.419 e. The van der Waals surface area contributed by atoms with Crippen molar-refractivity contribution in [3.05, 3.63) is 94.5 Å². The van der Waals surface area contributed by atoms with E-state index in [9.17, 15) is 14.9 Å². The fraction of sp³-hybridized carbons (Fsp3) is 0.115. The highest BCUT2D eigenvalue weighted by Crippen LogP contribution is 2.36. The standard InChI is InChI=1S/C26H19NO4/c28-24(31-23-9-2-1-8-22(23)27(29)30)10-4-5-17-11-12-20-14-13-18-6-3-7-19-15-16-21(17)26(20)25(18)19/h1-3,6-9,11-16H,4-5,10H2. The number of nitrogens with zero attached hydrogens (tertiary/aromatic N) is 1. The number of carbonyl (C=O) groups is 1. The molecule has 0 spiro atoms. The number of nitro benzene ring substituents is 1. The van der Waals surface area contributed by atoms with Crippen molar-refractivity contribution in [2.24, 2.45) is 0 Å². The van der Waals surface area contributed by atoms with Crippen molar-refractivity contribution in [1.82, 2.24) is 0 Å². The third-order valence-corrected chi connectivity index (χ3v) is 5.73. The Hall–Kier alpha value is -3.99. The smallest absolute Gasteiger partial charge is 0.311 e. The van der Waals surface area contributed by atoms with Crippen LogP contribution in [0.15, 0.2) is 78.9 Å². The van der Waals surface area contributed by atoms with Crippen LogP contribution in [0.1, 0.15) is 18.4 Å². The topological polar surface area (TPSA) is 69.4 Å². The Bertz CT molecular complexity index is 1420. The van der Waals surface area contributed by atoms with E-state index in [4.69, 9.17) is 4.74 Å². The maximum atomic E-state index is 12.3. The summed E-state index contributed by atoms with van der Waals surface area (Å²) in [7, 11) is 0. The zero-order valence-electron chi connectivity index (χ0n) is 16.7. The van der Waals surface area contributed by atoms with E-state index < -0.39 is 10.9 Å². The van der Waals surface area contributed by atoms with Gasteiger partial charge in [0.15, 0.2) is 0 Å². The lowest BCUT2D eigenvalue weighted by atomic mass is 9.90. The molecule has 0 aliphatic carbocycles. The zero-order chi connectivity index (χ0) is 21.4. The van der Waals surface area contributed by atoms with Crippen LogP contribution in [0.4, 0.5) is 5.69 Å². The molecule has 0 aliphatic rings. The molecule has 0 amide bonds. The van der Waals surface area contributed by atoms with Gasteiger partial charge in [0.25, 0.3) is 0 Å². The first-order chi connectivity index (χ1) is 15.1. The van der Waals surface area contributed by atoms with E-state index in [1.54, 1.807) is 12.1 Å². The van der Waals surface area contributed by atoms with Crippen LogP contribution < -0.4 is 4.74 Å². The van der Waals surface area contributed by atoms with Gasteiger partial charge in [-0.25, -0.2) is 0 Å². The molecule has 5 nitrogen and oxygen atoms in total. The van der Waals surface area contributed by atoms with Gasteiger partial charge in [0.1, 0.15) is 0 Å². The van der Waals surface area contributed by atoms with Gasteiger partial charge in [0.05, 0.1) is 4.92 Å². The summed E-state index contributed by atoms with van der Waals surface area (Å²) in [5.41, 5.74) is 0.979. The number of nitro groups is 1. The van der Waals surface area contributed by atoms with Gasteiger partial charge in [-0.1, -0.05) is 66.7 Å². The Labute approximate surface area is 178 Å². The molecular formula is C26H19NO4. The number of benzene rings is 5. The molecule has 5 heteroatoms. The first-order valence-electron chi connectivity index (χ1n) is 10.2. The van der Waals surface area contributed by atoms with Crippen LogP contribution in [0.2, 0.25) is 0 Å². The molecular weight excluding hydrogens is 390 g/mol. The highest BCUT2D eigenvalue weighted by atomic mass is 16.6. The molecule has 0 saturated heterocycles. The Morgan fingerprint density at radius 1 is 0.806 bits per heavy atom. The molecule has 5 rings (SSSR count). The second-order valence-electron chi connectivity index (χ2n) is 7.63. The lowest BCUT2D eigenvalue weighted by Gasteiger charge is -2.13. The lowest BCUT2D eigenvalue weighted by molar-refractivity contribution is -0.385. The van der Waals surface area contributed by atoms with E-state index in [-0.39, 0.29) is 17.9 Å². The molecule has 0 aromatic heterocycles. The summed E-state index contributed by atoms with van der Waals surface area (Å²) in [5, 5.41) is 18.5. The maximum absolute atomic E-state index is 12.3. The van der Waals surface area contributed by atoms with Gasteiger partial charge in [-0.15, -0.1) is 0 Å². The Balaban J connectivity index is 1.36. The van der Waals surface area contributed by atoms with Gasteiger partial charge >= 0.3 is 11.7 Å². The van der Waals surface area contributed by atoms with Gasteiger partial charge < -0.3 is 4.74 Å². The lowest BCUT2D eigenvalue weighted by Crippen LogP contribution is -2.09. The van der Waals surface area contributed by atoms with Gasteiger partial charge in [0, 0.05) is 12.5 Å². The fourth-order valence-corrected chi connectivity index (χ4v) is 4.30. The number of esters is 1. The van der Waals surface area contributed by atoms with Crippen LogP contribution in [0.5, 0.6) is 5.75 Å². The maximum Gasteiger partial charge on any atom is 0.311 e. The highest BCUT2D eigenvalue weighted by molar-refractivity contribution is 6.23. The number of carbonyl (C=O) groups excluding carboxylic acids is 1. The molecule has 152 valence electrons. The van der Waals surface area contributed by atoms with Crippen LogP contribution >= 0.6 is 0 Å².